The van der Waals surface area contributed by atoms with Crippen molar-refractivity contribution in [2.24, 2.45) is 0 Å². The smallest absolute Gasteiger partial charge is 0.363 e. The van der Waals surface area contributed by atoms with Gasteiger partial charge >= 0.3 is 6.18 Å². The molecule has 1 saturated carbocycles. The van der Waals surface area contributed by atoms with E-state index in [2.05, 4.69) is 0 Å². The minimum atomic E-state index is -4.19. The van der Waals surface area contributed by atoms with Gasteiger partial charge in [-0.05, 0) is 19.3 Å². The van der Waals surface area contributed by atoms with E-state index in [0.29, 0.717) is 18.5 Å². The van der Waals surface area contributed by atoms with Crippen LogP contribution >= 0.6 is 0 Å². The lowest BCUT2D eigenvalue weighted by atomic mass is 10.3. The molecule has 0 heterocycles. The molecule has 0 N–H and O–H groups in total. The molecule has 0 aromatic heterocycles. The molecule has 5 heteroatoms. The molecule has 0 amide bonds. The quantitative estimate of drug-likeness (QED) is 0.725. The Kier molecular flexibility index (Phi) is 2.48. The Morgan fingerprint density at radius 3 is 2.40 bits per heavy atom. The second kappa shape index (κ2) is 3.54. The summed E-state index contributed by atoms with van der Waals surface area (Å²) >= 11 is 0. The van der Waals surface area contributed by atoms with Crippen molar-refractivity contribution in [3.8, 4) is 0 Å². The van der Waals surface area contributed by atoms with E-state index >= 15 is 0 Å². The van der Waals surface area contributed by atoms with E-state index in [9.17, 15) is 18.0 Å². The number of nitrogens with zero attached hydrogens (tertiary/aromatic N) is 1. The lowest BCUT2D eigenvalue weighted by Crippen LogP contribution is -2.34. The summed E-state index contributed by atoms with van der Waals surface area (Å²) in [5.74, 6) is -0.0576. The van der Waals surface area contributed by atoms with Crippen LogP contribution in [0.25, 0.3) is 0 Å². The van der Waals surface area contributed by atoms with Gasteiger partial charge in [0.2, 0.25) is 0 Å². The fraction of sp³-hybridized carbons (Fsp3) is 0.700. The summed E-state index contributed by atoms with van der Waals surface area (Å²) < 4.78 is 36.9. The lowest BCUT2D eigenvalue weighted by Gasteiger charge is -2.26. The van der Waals surface area contributed by atoms with E-state index in [1.165, 1.54) is 11.0 Å². The highest BCUT2D eigenvalue weighted by molar-refractivity contribution is 5.92. The number of ketones is 1. The Labute approximate surface area is 85.7 Å². The van der Waals surface area contributed by atoms with Crippen molar-refractivity contribution in [1.82, 2.24) is 4.90 Å². The van der Waals surface area contributed by atoms with Crippen molar-refractivity contribution in [1.29, 1.82) is 0 Å². The molecule has 0 atom stereocenters. The third-order valence-electron chi connectivity index (χ3n) is 2.66. The number of alkyl halides is 3. The zero-order valence-electron chi connectivity index (χ0n) is 8.18. The van der Waals surface area contributed by atoms with E-state index in [4.69, 9.17) is 0 Å². The molecule has 0 aliphatic heterocycles. The van der Waals surface area contributed by atoms with Crippen molar-refractivity contribution >= 4 is 5.78 Å². The Balaban J connectivity index is 2.06. The molecule has 2 aliphatic rings. The largest absolute Gasteiger partial charge is 0.405 e. The van der Waals surface area contributed by atoms with Gasteiger partial charge in [0.1, 0.15) is 6.54 Å². The summed E-state index contributed by atoms with van der Waals surface area (Å²) in [6.07, 6.45) is -0.385. The second-order valence-electron chi connectivity index (χ2n) is 4.08. The maximum atomic E-state index is 12.3. The Morgan fingerprint density at radius 2 is 2.00 bits per heavy atom. The van der Waals surface area contributed by atoms with Crippen LogP contribution in [0.4, 0.5) is 13.2 Å². The molecule has 0 saturated heterocycles. The number of hydrogen-bond donors (Lipinski definition) is 0. The van der Waals surface area contributed by atoms with Gasteiger partial charge in [0, 0.05) is 24.2 Å². The van der Waals surface area contributed by atoms with Gasteiger partial charge in [-0.25, -0.2) is 0 Å². The number of carbonyl (C=O) groups excluding carboxylic acids is 1. The Hall–Kier alpha value is -1.00. The highest BCUT2D eigenvalue weighted by Crippen LogP contribution is 2.35. The minimum Gasteiger partial charge on any atom is -0.363 e. The lowest BCUT2D eigenvalue weighted by molar-refractivity contribution is -0.143. The van der Waals surface area contributed by atoms with Gasteiger partial charge in [-0.2, -0.15) is 13.2 Å². The summed E-state index contributed by atoms with van der Waals surface area (Å²) in [7, 11) is 0. The molecule has 0 unspecified atom stereocenters. The van der Waals surface area contributed by atoms with Crippen LogP contribution in [-0.4, -0.2) is 29.4 Å². The van der Waals surface area contributed by atoms with Gasteiger partial charge in [0.05, 0.1) is 0 Å². The first-order valence-electron chi connectivity index (χ1n) is 5.02. The molecule has 2 rings (SSSR count). The first-order chi connectivity index (χ1) is 6.96. The summed E-state index contributed by atoms with van der Waals surface area (Å²) in [4.78, 5) is 12.3. The predicted octanol–water partition coefficient (Wildman–Crippen LogP) is 2.26. The third-order valence-corrected chi connectivity index (χ3v) is 2.66. The highest BCUT2D eigenvalue weighted by Gasteiger charge is 2.39. The molecule has 15 heavy (non-hydrogen) atoms. The highest BCUT2D eigenvalue weighted by atomic mass is 19.4. The van der Waals surface area contributed by atoms with Crippen LogP contribution in [-0.2, 0) is 4.79 Å². The van der Waals surface area contributed by atoms with E-state index in [0.717, 1.165) is 12.8 Å². The van der Waals surface area contributed by atoms with Crippen LogP contribution in [0.3, 0.4) is 0 Å². The molecule has 0 radical (unpaired) electrons. The Bertz CT molecular complexity index is 304. The molecule has 0 aromatic rings. The third kappa shape index (κ3) is 2.73. The molecule has 2 aliphatic carbocycles. The van der Waals surface area contributed by atoms with E-state index in [1.54, 1.807) is 0 Å². The zero-order chi connectivity index (χ0) is 11.1. The monoisotopic (exact) mass is 219 g/mol. The molecule has 0 spiro atoms. The number of allylic oxidation sites excluding steroid dienone is 2. The van der Waals surface area contributed by atoms with E-state index < -0.39 is 12.7 Å². The average molecular weight is 219 g/mol. The summed E-state index contributed by atoms with van der Waals surface area (Å²) in [6, 6.07) is 0.00350. The second-order valence-corrected chi connectivity index (χ2v) is 4.08. The maximum absolute atomic E-state index is 12.3. The first kappa shape index (κ1) is 10.5. The molecule has 1 fully saturated rings. The number of rotatable bonds is 3. The van der Waals surface area contributed by atoms with Crippen LogP contribution in [0.1, 0.15) is 25.7 Å². The molecular formula is C10H12F3NO. The molecular weight excluding hydrogens is 207 g/mol. The van der Waals surface area contributed by atoms with Crippen LogP contribution < -0.4 is 0 Å². The van der Waals surface area contributed by atoms with Gasteiger partial charge in [0.25, 0.3) is 0 Å². The number of halogens is 3. The van der Waals surface area contributed by atoms with Gasteiger partial charge in [-0.15, -0.1) is 0 Å². The van der Waals surface area contributed by atoms with E-state index in [-0.39, 0.29) is 11.8 Å². The fourth-order valence-electron chi connectivity index (χ4n) is 1.85. The number of hydrogen-bond acceptors (Lipinski definition) is 2. The van der Waals surface area contributed by atoms with Gasteiger partial charge in [-0.1, -0.05) is 0 Å². The summed E-state index contributed by atoms with van der Waals surface area (Å²) in [6.45, 7) is -0.920. The SMILES string of the molecule is O=C1C=C(N(CC(F)(F)F)C2CC2)CC1. The van der Waals surface area contributed by atoms with Crippen LogP contribution in [0.5, 0.6) is 0 Å². The van der Waals surface area contributed by atoms with Gasteiger partial charge in [0.15, 0.2) is 5.78 Å². The van der Waals surface area contributed by atoms with Gasteiger partial charge in [-0.3, -0.25) is 4.79 Å². The molecule has 84 valence electrons. The maximum Gasteiger partial charge on any atom is 0.405 e. The predicted molar refractivity (Wildman–Crippen MR) is 48.1 cm³/mol. The first-order valence-corrected chi connectivity index (χ1v) is 5.02. The fourth-order valence-corrected chi connectivity index (χ4v) is 1.85. The standard InChI is InChI=1S/C10H12F3NO/c11-10(12,13)6-14(7-1-2-7)8-3-4-9(15)5-8/h5,7H,1-4,6H2. The van der Waals surface area contributed by atoms with Crippen molar-refractivity contribution in [3.63, 3.8) is 0 Å². The van der Waals surface area contributed by atoms with Crippen molar-refractivity contribution in [2.75, 3.05) is 6.54 Å². The van der Waals surface area contributed by atoms with Crippen LogP contribution in [0, 0.1) is 0 Å². The van der Waals surface area contributed by atoms with Crippen molar-refractivity contribution in [2.45, 2.75) is 37.9 Å². The molecule has 2 nitrogen and oxygen atoms in total. The summed E-state index contributed by atoms with van der Waals surface area (Å²) in [5, 5.41) is 0. The van der Waals surface area contributed by atoms with Crippen LogP contribution in [0.2, 0.25) is 0 Å². The number of carbonyl (C=O) groups is 1. The topological polar surface area (TPSA) is 20.3 Å². The minimum absolute atomic E-state index is 0.00350. The molecule has 0 aromatic carbocycles. The zero-order valence-corrected chi connectivity index (χ0v) is 8.18. The Morgan fingerprint density at radius 1 is 1.33 bits per heavy atom. The van der Waals surface area contributed by atoms with Gasteiger partial charge < -0.3 is 4.90 Å². The van der Waals surface area contributed by atoms with E-state index in [1.807, 2.05) is 0 Å². The van der Waals surface area contributed by atoms with Crippen molar-refractivity contribution < 1.29 is 18.0 Å². The normalized spacial score (nSPS) is 21.8. The molecule has 0 bridgehead atoms. The van der Waals surface area contributed by atoms with Crippen molar-refractivity contribution in [3.05, 3.63) is 11.8 Å². The summed E-state index contributed by atoms with van der Waals surface area (Å²) in [5.41, 5.74) is 0.569. The van der Waals surface area contributed by atoms with Crippen LogP contribution in [0.15, 0.2) is 11.8 Å². The average Bonchev–Trinajstić information content (AvgIpc) is 2.84.